The average molecular weight is 453 g/mol. The van der Waals surface area contributed by atoms with E-state index in [2.05, 4.69) is 35.6 Å². The smallest absolute Gasteiger partial charge is 0.361 e. The van der Waals surface area contributed by atoms with Gasteiger partial charge in [0.2, 0.25) is 0 Å². The van der Waals surface area contributed by atoms with Gasteiger partial charge in [-0.15, -0.1) is 0 Å². The number of rotatable bonds is 6. The Kier molecular flexibility index (Phi) is 6.14. The summed E-state index contributed by atoms with van der Waals surface area (Å²) >= 11 is 3.13. The number of fused-ring (bicyclic) bond motifs is 1. The van der Waals surface area contributed by atoms with Crippen LogP contribution in [0.4, 0.5) is 13.2 Å². The minimum absolute atomic E-state index is 0.0622. The molecule has 0 aliphatic heterocycles. The fourth-order valence-electron chi connectivity index (χ4n) is 2.73. The first-order valence-electron chi connectivity index (χ1n) is 8.42. The molecule has 4 nitrogen and oxygen atoms in total. The zero-order valence-corrected chi connectivity index (χ0v) is 18.2. The molecule has 0 saturated carbocycles. The molecule has 0 saturated heterocycles. The fraction of sp³-hybridized carbons (Fsp3) is 0.588. The van der Waals surface area contributed by atoms with Gasteiger partial charge in [-0.25, -0.2) is 4.79 Å². The van der Waals surface area contributed by atoms with Crippen LogP contribution in [0.2, 0.25) is 25.7 Å². The van der Waals surface area contributed by atoms with Crippen LogP contribution < -0.4 is 5.69 Å². The van der Waals surface area contributed by atoms with Crippen LogP contribution in [0.5, 0.6) is 0 Å². The molecule has 0 spiro atoms. The highest BCUT2D eigenvalue weighted by Gasteiger charge is 2.36. The molecule has 0 radical (unpaired) electrons. The quantitative estimate of drug-likeness (QED) is 0.429. The normalized spacial score (nSPS) is 13.2. The molecule has 1 aromatic heterocycles. The maximum Gasteiger partial charge on any atom is 0.418 e. The molecule has 0 aliphatic rings. The number of aromatic nitrogens is 2. The van der Waals surface area contributed by atoms with Gasteiger partial charge in [0, 0.05) is 25.2 Å². The predicted octanol–water partition coefficient (Wildman–Crippen LogP) is 5.48. The van der Waals surface area contributed by atoms with Crippen molar-refractivity contribution in [2.24, 2.45) is 0 Å². The zero-order valence-electron chi connectivity index (χ0n) is 15.6. The molecular weight excluding hydrogens is 429 g/mol. The third kappa shape index (κ3) is 4.61. The third-order valence-electron chi connectivity index (χ3n) is 4.06. The lowest BCUT2D eigenvalue weighted by Crippen LogP contribution is -2.27. The van der Waals surface area contributed by atoms with Crippen LogP contribution in [-0.2, 0) is 17.6 Å². The molecule has 0 atom stereocenters. The topological polar surface area (TPSA) is 36.2 Å². The maximum atomic E-state index is 13.5. The summed E-state index contributed by atoms with van der Waals surface area (Å²) in [4.78, 5) is 12.8. The van der Waals surface area contributed by atoms with Crippen molar-refractivity contribution in [2.45, 2.75) is 58.5 Å². The van der Waals surface area contributed by atoms with Crippen molar-refractivity contribution in [2.75, 3.05) is 6.61 Å². The number of halogens is 4. The molecule has 26 heavy (non-hydrogen) atoms. The van der Waals surface area contributed by atoms with Gasteiger partial charge in [-0.1, -0.05) is 35.6 Å². The molecular formula is C17H24BrF3N2O2Si. The summed E-state index contributed by atoms with van der Waals surface area (Å²) in [6.07, 6.45) is -4.56. The minimum Gasteiger partial charge on any atom is -0.361 e. The number of hydrogen-bond donors (Lipinski definition) is 0. The first kappa shape index (κ1) is 21.2. The van der Waals surface area contributed by atoms with E-state index >= 15 is 0 Å². The highest BCUT2D eigenvalue weighted by molar-refractivity contribution is 9.10. The first-order chi connectivity index (χ1) is 11.8. The summed E-state index contributed by atoms with van der Waals surface area (Å²) in [5.74, 6) is 0. The summed E-state index contributed by atoms with van der Waals surface area (Å²) in [6.45, 7) is 10.4. The maximum absolute atomic E-state index is 13.5. The first-order valence-corrected chi connectivity index (χ1v) is 12.9. The van der Waals surface area contributed by atoms with Crippen LogP contribution in [0.25, 0.3) is 11.0 Å². The standard InChI is InChI=1S/C17H24BrF3N2O2Si/c1-11(2)23-15-13(17(19,20)21)8-12(18)9-14(15)22(16(23)24)10-25-6-7-26(3,4)5/h8-9,11H,6-7,10H2,1-5H3. The average Bonchev–Trinajstić information content (AvgIpc) is 2.72. The number of hydrogen-bond acceptors (Lipinski definition) is 2. The van der Waals surface area contributed by atoms with E-state index < -0.39 is 31.5 Å². The number of ether oxygens (including phenoxy) is 1. The second-order valence-electron chi connectivity index (χ2n) is 7.84. The van der Waals surface area contributed by atoms with Crippen LogP contribution in [0.15, 0.2) is 21.4 Å². The van der Waals surface area contributed by atoms with Crippen molar-refractivity contribution in [1.82, 2.24) is 9.13 Å². The van der Waals surface area contributed by atoms with E-state index in [1.807, 2.05) is 0 Å². The van der Waals surface area contributed by atoms with Gasteiger partial charge in [-0.3, -0.25) is 9.13 Å². The van der Waals surface area contributed by atoms with Gasteiger partial charge in [0.25, 0.3) is 0 Å². The predicted molar refractivity (Wildman–Crippen MR) is 103 cm³/mol. The SMILES string of the molecule is CC(C)n1c(=O)n(COCC[Si](C)(C)C)c2cc(Br)cc(C(F)(F)F)c21. The van der Waals surface area contributed by atoms with Gasteiger partial charge in [-0.05, 0) is 32.0 Å². The van der Waals surface area contributed by atoms with Crippen molar-refractivity contribution in [1.29, 1.82) is 0 Å². The largest absolute Gasteiger partial charge is 0.418 e. The van der Waals surface area contributed by atoms with Crippen LogP contribution >= 0.6 is 15.9 Å². The molecule has 0 amide bonds. The Morgan fingerprint density at radius 3 is 2.35 bits per heavy atom. The van der Waals surface area contributed by atoms with Crippen LogP contribution in [-0.4, -0.2) is 23.8 Å². The number of nitrogens with zero attached hydrogens (tertiary/aromatic N) is 2. The van der Waals surface area contributed by atoms with Crippen LogP contribution in [0, 0.1) is 0 Å². The second-order valence-corrected chi connectivity index (χ2v) is 14.4. The van der Waals surface area contributed by atoms with Gasteiger partial charge >= 0.3 is 11.9 Å². The van der Waals surface area contributed by atoms with E-state index in [4.69, 9.17) is 4.74 Å². The molecule has 1 heterocycles. The molecule has 2 rings (SSSR count). The van der Waals surface area contributed by atoms with Gasteiger partial charge < -0.3 is 4.74 Å². The minimum atomic E-state index is -4.56. The molecule has 0 bridgehead atoms. The third-order valence-corrected chi connectivity index (χ3v) is 6.22. The Balaban J connectivity index is 2.56. The Morgan fingerprint density at radius 1 is 1.23 bits per heavy atom. The number of imidazole rings is 1. The molecule has 1 aromatic carbocycles. The molecule has 0 N–H and O–H groups in total. The van der Waals surface area contributed by atoms with Gasteiger partial charge in [0.1, 0.15) is 6.73 Å². The molecule has 9 heteroatoms. The Labute approximate surface area is 160 Å². The summed E-state index contributed by atoms with van der Waals surface area (Å²) in [6, 6.07) is 3.06. The van der Waals surface area contributed by atoms with Crippen molar-refractivity contribution in [3.63, 3.8) is 0 Å². The fourth-order valence-corrected chi connectivity index (χ4v) is 3.93. The van der Waals surface area contributed by atoms with Crippen molar-refractivity contribution >= 4 is 35.0 Å². The van der Waals surface area contributed by atoms with Crippen LogP contribution in [0.1, 0.15) is 25.5 Å². The van der Waals surface area contributed by atoms with E-state index in [9.17, 15) is 18.0 Å². The summed E-state index contributed by atoms with van der Waals surface area (Å²) in [7, 11) is -1.29. The van der Waals surface area contributed by atoms with E-state index in [1.54, 1.807) is 13.8 Å². The Hall–Kier alpha value is -1.06. The number of alkyl halides is 3. The lowest BCUT2D eigenvalue weighted by Gasteiger charge is -2.15. The summed E-state index contributed by atoms with van der Waals surface area (Å²) in [5, 5.41) is 0. The van der Waals surface area contributed by atoms with E-state index in [-0.39, 0.29) is 22.2 Å². The second kappa shape index (κ2) is 7.51. The highest BCUT2D eigenvalue weighted by Crippen LogP contribution is 2.37. The molecule has 2 aromatic rings. The summed E-state index contributed by atoms with van der Waals surface area (Å²) < 4.78 is 49.0. The van der Waals surface area contributed by atoms with Crippen molar-refractivity contribution in [3.8, 4) is 0 Å². The van der Waals surface area contributed by atoms with Crippen molar-refractivity contribution in [3.05, 3.63) is 32.7 Å². The molecule has 146 valence electrons. The van der Waals surface area contributed by atoms with Crippen molar-refractivity contribution < 1.29 is 17.9 Å². The highest BCUT2D eigenvalue weighted by atomic mass is 79.9. The monoisotopic (exact) mass is 452 g/mol. The van der Waals surface area contributed by atoms with Crippen LogP contribution in [0.3, 0.4) is 0 Å². The number of benzene rings is 1. The van der Waals surface area contributed by atoms with E-state index in [0.717, 1.165) is 12.1 Å². The zero-order chi connectivity index (χ0) is 19.9. The van der Waals surface area contributed by atoms with E-state index in [1.165, 1.54) is 15.2 Å². The molecule has 0 unspecified atom stereocenters. The molecule has 0 fully saturated rings. The van der Waals surface area contributed by atoms with Gasteiger partial charge in [-0.2, -0.15) is 13.2 Å². The molecule has 0 aliphatic carbocycles. The van der Waals surface area contributed by atoms with Gasteiger partial charge in [0.05, 0.1) is 16.6 Å². The Morgan fingerprint density at radius 2 is 1.85 bits per heavy atom. The lowest BCUT2D eigenvalue weighted by atomic mass is 10.1. The summed E-state index contributed by atoms with van der Waals surface area (Å²) in [5.41, 5.74) is -1.20. The van der Waals surface area contributed by atoms with Gasteiger partial charge in [0.15, 0.2) is 0 Å². The van der Waals surface area contributed by atoms with E-state index in [0.29, 0.717) is 6.61 Å². The lowest BCUT2D eigenvalue weighted by molar-refractivity contribution is -0.136. The Bertz CT molecular complexity index is 851.